The molecule has 0 unspecified atom stereocenters. The normalized spacial score (nSPS) is 12.1. The van der Waals surface area contributed by atoms with Gasteiger partial charge < -0.3 is 10.1 Å². The summed E-state index contributed by atoms with van der Waals surface area (Å²) in [6.07, 6.45) is 3.39. The van der Waals surface area contributed by atoms with Gasteiger partial charge in [0.2, 0.25) is 5.91 Å². The molecule has 0 radical (unpaired) electrons. The molecule has 1 amide bonds. The Kier molecular flexibility index (Phi) is 7.31. The molecule has 1 N–H and O–H groups in total. The number of ether oxygens (including phenoxy) is 1. The van der Waals surface area contributed by atoms with Crippen LogP contribution in [0.15, 0.2) is 18.2 Å². The zero-order chi connectivity index (χ0) is 18.4. The molecule has 1 aromatic carbocycles. The third kappa shape index (κ3) is 5.25. The molecule has 0 bridgehead atoms. The van der Waals surface area contributed by atoms with Crippen LogP contribution in [0.2, 0.25) is 0 Å². The second-order valence-electron chi connectivity index (χ2n) is 7.81. The van der Waals surface area contributed by atoms with Crippen molar-refractivity contribution in [3.8, 4) is 5.75 Å². The quantitative estimate of drug-likeness (QED) is 0.648. The maximum absolute atomic E-state index is 11.3. The molecule has 0 saturated heterocycles. The number of nitrogens with one attached hydrogen (secondary N) is 1. The van der Waals surface area contributed by atoms with Crippen LogP contribution in [0.25, 0.3) is 0 Å². The van der Waals surface area contributed by atoms with E-state index >= 15 is 0 Å². The summed E-state index contributed by atoms with van der Waals surface area (Å²) in [5.74, 6) is 1.02. The third-order valence-corrected chi connectivity index (χ3v) is 5.34. The molecule has 3 nitrogen and oxygen atoms in total. The van der Waals surface area contributed by atoms with Gasteiger partial charge in [-0.25, -0.2) is 0 Å². The summed E-state index contributed by atoms with van der Waals surface area (Å²) in [4.78, 5) is 11.3. The summed E-state index contributed by atoms with van der Waals surface area (Å²) in [5, 5.41) is 2.64. The van der Waals surface area contributed by atoms with E-state index in [1.807, 2.05) is 0 Å². The van der Waals surface area contributed by atoms with Crippen molar-refractivity contribution >= 4 is 5.91 Å². The lowest BCUT2D eigenvalue weighted by atomic mass is 9.76. The van der Waals surface area contributed by atoms with Crippen molar-refractivity contribution in [3.63, 3.8) is 0 Å². The summed E-state index contributed by atoms with van der Waals surface area (Å²) in [6, 6.07) is 6.62. The Labute approximate surface area is 148 Å². The van der Waals surface area contributed by atoms with Crippen LogP contribution in [-0.4, -0.2) is 19.6 Å². The van der Waals surface area contributed by atoms with Crippen molar-refractivity contribution in [3.05, 3.63) is 29.3 Å². The Morgan fingerprint density at radius 2 is 1.71 bits per heavy atom. The molecule has 0 atom stereocenters. The van der Waals surface area contributed by atoms with E-state index in [2.05, 4.69) is 65.1 Å². The third-order valence-electron chi connectivity index (χ3n) is 5.34. The fraction of sp³-hybridized carbons (Fsp3) is 0.667. The first kappa shape index (κ1) is 20.5. The lowest BCUT2D eigenvalue weighted by Gasteiger charge is -2.30. The topological polar surface area (TPSA) is 38.3 Å². The maximum Gasteiger partial charge on any atom is 0.219 e. The molecule has 0 aliphatic rings. The van der Waals surface area contributed by atoms with Gasteiger partial charge in [0.05, 0.1) is 6.61 Å². The summed E-state index contributed by atoms with van der Waals surface area (Å²) in [5.41, 5.74) is 2.86. The maximum atomic E-state index is 11.3. The summed E-state index contributed by atoms with van der Waals surface area (Å²) < 4.78 is 6.04. The van der Waals surface area contributed by atoms with Crippen LogP contribution in [0.5, 0.6) is 5.75 Å². The summed E-state index contributed by atoms with van der Waals surface area (Å²) in [6.45, 7) is 14.1. The number of carbonyl (C=O) groups is 1. The van der Waals surface area contributed by atoms with Crippen LogP contribution in [-0.2, 0) is 15.6 Å². The van der Waals surface area contributed by atoms with Gasteiger partial charge in [-0.2, -0.15) is 0 Å². The van der Waals surface area contributed by atoms with E-state index in [1.165, 1.54) is 11.1 Å². The molecule has 1 aromatic rings. The lowest BCUT2D eigenvalue weighted by Crippen LogP contribution is -2.21. The van der Waals surface area contributed by atoms with Gasteiger partial charge >= 0.3 is 0 Å². The van der Waals surface area contributed by atoms with Gasteiger partial charge in [0.25, 0.3) is 0 Å². The van der Waals surface area contributed by atoms with E-state index in [-0.39, 0.29) is 16.7 Å². The fourth-order valence-electron chi connectivity index (χ4n) is 2.54. The molecule has 0 aliphatic heterocycles. The van der Waals surface area contributed by atoms with Crippen molar-refractivity contribution in [2.45, 2.75) is 78.1 Å². The standard InChI is InChI=1S/C21H35NO2/c1-8-20(3,4)16-12-13-18(17(15-16)21(5,6)9-2)24-14-10-11-19(23)22-7/h12-13,15H,8-11,14H2,1-7H3,(H,22,23). The highest BCUT2D eigenvalue weighted by Crippen LogP contribution is 2.38. The largest absolute Gasteiger partial charge is 0.493 e. The van der Waals surface area contributed by atoms with Crippen molar-refractivity contribution in [2.75, 3.05) is 13.7 Å². The molecule has 0 fully saturated rings. The molecule has 0 heterocycles. The van der Waals surface area contributed by atoms with Gasteiger partial charge in [0, 0.05) is 19.0 Å². The Morgan fingerprint density at radius 3 is 2.25 bits per heavy atom. The average molecular weight is 334 g/mol. The van der Waals surface area contributed by atoms with Crippen LogP contribution in [0, 0.1) is 0 Å². The van der Waals surface area contributed by atoms with Crippen LogP contribution in [0.1, 0.15) is 78.4 Å². The highest BCUT2D eigenvalue weighted by molar-refractivity contribution is 5.75. The SMILES string of the molecule is CCC(C)(C)c1ccc(OCCCC(=O)NC)c(C(C)(C)CC)c1. The van der Waals surface area contributed by atoms with Crippen molar-refractivity contribution in [1.29, 1.82) is 0 Å². The van der Waals surface area contributed by atoms with Gasteiger partial charge in [-0.05, 0) is 41.7 Å². The summed E-state index contributed by atoms with van der Waals surface area (Å²) in [7, 11) is 1.67. The molecule has 3 heteroatoms. The first-order chi connectivity index (χ1) is 11.2. The second kappa shape index (κ2) is 8.55. The van der Waals surface area contributed by atoms with E-state index in [4.69, 9.17) is 4.74 Å². The molecule has 24 heavy (non-hydrogen) atoms. The minimum absolute atomic E-state index is 0.0627. The first-order valence-electron chi connectivity index (χ1n) is 9.16. The van der Waals surface area contributed by atoms with E-state index in [9.17, 15) is 4.79 Å². The van der Waals surface area contributed by atoms with Crippen LogP contribution in [0.4, 0.5) is 0 Å². The average Bonchev–Trinajstić information content (AvgIpc) is 2.58. The molecule has 1 rings (SSSR count). The molecule has 0 aromatic heterocycles. The first-order valence-corrected chi connectivity index (χ1v) is 9.16. The van der Waals surface area contributed by atoms with Crippen molar-refractivity contribution < 1.29 is 9.53 Å². The molecule has 136 valence electrons. The number of amides is 1. The van der Waals surface area contributed by atoms with Gasteiger partial charge in [-0.15, -0.1) is 0 Å². The lowest BCUT2D eigenvalue weighted by molar-refractivity contribution is -0.120. The number of benzene rings is 1. The highest BCUT2D eigenvalue weighted by atomic mass is 16.5. The van der Waals surface area contributed by atoms with E-state index in [1.54, 1.807) is 7.05 Å². The van der Waals surface area contributed by atoms with Crippen molar-refractivity contribution in [2.24, 2.45) is 0 Å². The van der Waals surface area contributed by atoms with Crippen LogP contribution < -0.4 is 10.1 Å². The number of rotatable bonds is 9. The highest BCUT2D eigenvalue weighted by Gasteiger charge is 2.26. The minimum Gasteiger partial charge on any atom is -0.493 e. The van der Waals surface area contributed by atoms with Gasteiger partial charge in [-0.3, -0.25) is 4.79 Å². The summed E-state index contributed by atoms with van der Waals surface area (Å²) >= 11 is 0. The molecular weight excluding hydrogens is 298 g/mol. The molecular formula is C21H35NO2. The van der Waals surface area contributed by atoms with Gasteiger partial charge in [0.15, 0.2) is 0 Å². The zero-order valence-electron chi connectivity index (χ0n) is 16.6. The molecule has 0 saturated carbocycles. The van der Waals surface area contributed by atoms with Crippen molar-refractivity contribution in [1.82, 2.24) is 5.32 Å². The smallest absolute Gasteiger partial charge is 0.219 e. The Balaban J connectivity index is 3.00. The number of hydrogen-bond donors (Lipinski definition) is 1. The van der Waals surface area contributed by atoms with E-state index in [0.29, 0.717) is 13.0 Å². The zero-order valence-corrected chi connectivity index (χ0v) is 16.6. The monoisotopic (exact) mass is 333 g/mol. The second-order valence-corrected chi connectivity index (χ2v) is 7.81. The number of hydrogen-bond acceptors (Lipinski definition) is 2. The minimum atomic E-state index is 0.0627. The Hall–Kier alpha value is -1.51. The van der Waals surface area contributed by atoms with Gasteiger partial charge in [-0.1, -0.05) is 53.7 Å². The molecule has 0 spiro atoms. The Morgan fingerprint density at radius 1 is 1.08 bits per heavy atom. The fourth-order valence-corrected chi connectivity index (χ4v) is 2.54. The number of carbonyl (C=O) groups excluding carboxylic acids is 1. The van der Waals surface area contributed by atoms with E-state index in [0.717, 1.165) is 25.0 Å². The van der Waals surface area contributed by atoms with Crippen LogP contribution >= 0.6 is 0 Å². The molecule has 0 aliphatic carbocycles. The van der Waals surface area contributed by atoms with Gasteiger partial charge in [0.1, 0.15) is 5.75 Å². The predicted molar refractivity (Wildman–Crippen MR) is 102 cm³/mol. The Bertz CT molecular complexity index is 547. The van der Waals surface area contributed by atoms with E-state index < -0.39 is 0 Å². The predicted octanol–water partition coefficient (Wildman–Crippen LogP) is 4.97. The van der Waals surface area contributed by atoms with Crippen LogP contribution in [0.3, 0.4) is 0 Å².